The van der Waals surface area contributed by atoms with E-state index >= 15 is 0 Å². The summed E-state index contributed by atoms with van der Waals surface area (Å²) in [6, 6.07) is 8.09. The molecule has 1 aliphatic heterocycles. The lowest BCUT2D eigenvalue weighted by atomic mass is 10.1. The van der Waals surface area contributed by atoms with Crippen molar-refractivity contribution in [1.29, 1.82) is 0 Å². The van der Waals surface area contributed by atoms with Crippen molar-refractivity contribution in [2.75, 3.05) is 26.2 Å². The molecule has 0 aliphatic carbocycles. The molecule has 1 heterocycles. The highest BCUT2D eigenvalue weighted by Crippen LogP contribution is 2.07. The molecule has 1 fully saturated rings. The highest BCUT2D eigenvalue weighted by Gasteiger charge is 2.12. The van der Waals surface area contributed by atoms with Crippen molar-refractivity contribution >= 4 is 5.91 Å². The van der Waals surface area contributed by atoms with E-state index in [1.54, 1.807) is 0 Å². The molecule has 0 spiro atoms. The van der Waals surface area contributed by atoms with E-state index in [2.05, 4.69) is 10.6 Å². The normalized spacial score (nSPS) is 15.9. The Bertz CT molecular complexity index is 425. The number of nitrogens with one attached hydrogen (secondary N) is 2. The van der Waals surface area contributed by atoms with Gasteiger partial charge in [0.2, 0.25) is 5.91 Å². The summed E-state index contributed by atoms with van der Waals surface area (Å²) in [6.45, 7) is 5.58. The molecule has 116 valence electrons. The van der Waals surface area contributed by atoms with Crippen LogP contribution in [0.1, 0.15) is 30.4 Å². The van der Waals surface area contributed by atoms with E-state index in [1.807, 2.05) is 31.2 Å². The number of piperidine rings is 1. The number of benzene rings is 1. The first kappa shape index (κ1) is 16.0. The Morgan fingerprint density at radius 3 is 2.71 bits per heavy atom. The van der Waals surface area contributed by atoms with Crippen molar-refractivity contribution in [1.82, 2.24) is 10.6 Å². The quantitative estimate of drug-likeness (QED) is 0.753. The van der Waals surface area contributed by atoms with Gasteiger partial charge in [-0.05, 0) is 44.8 Å². The number of carbonyl (C=O) groups is 1. The van der Waals surface area contributed by atoms with Crippen LogP contribution in [-0.4, -0.2) is 38.3 Å². The average molecular weight is 290 g/mol. The summed E-state index contributed by atoms with van der Waals surface area (Å²) in [7, 11) is 0. The second kappa shape index (κ2) is 8.80. The first-order valence-corrected chi connectivity index (χ1v) is 7.88. The SMILES string of the molecule is Cc1ccc(CC(=O)NCCCOC2CCNCC2)cc1. The van der Waals surface area contributed by atoms with Crippen LogP contribution >= 0.6 is 0 Å². The average Bonchev–Trinajstić information content (AvgIpc) is 2.50. The highest BCUT2D eigenvalue weighted by atomic mass is 16.5. The summed E-state index contributed by atoms with van der Waals surface area (Å²) in [5.41, 5.74) is 2.28. The van der Waals surface area contributed by atoms with Crippen molar-refractivity contribution < 1.29 is 9.53 Å². The summed E-state index contributed by atoms with van der Waals surface area (Å²) < 4.78 is 5.80. The number of rotatable bonds is 7. The number of hydrogen-bond donors (Lipinski definition) is 2. The summed E-state index contributed by atoms with van der Waals surface area (Å²) >= 11 is 0. The Hall–Kier alpha value is -1.39. The molecule has 0 saturated carbocycles. The summed E-state index contributed by atoms with van der Waals surface area (Å²) in [6.07, 6.45) is 3.92. The molecule has 1 aromatic rings. The Morgan fingerprint density at radius 1 is 1.29 bits per heavy atom. The topological polar surface area (TPSA) is 50.4 Å². The number of amides is 1. The first-order chi connectivity index (χ1) is 10.2. The lowest BCUT2D eigenvalue weighted by molar-refractivity contribution is -0.120. The van der Waals surface area contributed by atoms with Gasteiger partial charge >= 0.3 is 0 Å². The zero-order chi connectivity index (χ0) is 14.9. The van der Waals surface area contributed by atoms with Gasteiger partial charge in [-0.25, -0.2) is 0 Å². The molecule has 1 saturated heterocycles. The molecule has 21 heavy (non-hydrogen) atoms. The monoisotopic (exact) mass is 290 g/mol. The van der Waals surface area contributed by atoms with Gasteiger partial charge in [0, 0.05) is 13.2 Å². The van der Waals surface area contributed by atoms with Crippen LogP contribution in [0.15, 0.2) is 24.3 Å². The van der Waals surface area contributed by atoms with Crippen molar-refractivity contribution in [2.45, 2.75) is 38.7 Å². The van der Waals surface area contributed by atoms with Crippen LogP contribution in [-0.2, 0) is 16.0 Å². The van der Waals surface area contributed by atoms with Crippen LogP contribution in [0, 0.1) is 6.92 Å². The maximum absolute atomic E-state index is 11.8. The zero-order valence-corrected chi connectivity index (χ0v) is 12.9. The van der Waals surface area contributed by atoms with Crippen molar-refractivity contribution in [3.8, 4) is 0 Å². The standard InChI is InChI=1S/C17H26N2O2/c1-14-3-5-15(6-4-14)13-17(20)19-9-2-12-21-16-7-10-18-11-8-16/h3-6,16,18H,2,7-13H2,1H3,(H,19,20). The van der Waals surface area contributed by atoms with Crippen molar-refractivity contribution in [2.24, 2.45) is 0 Å². The minimum Gasteiger partial charge on any atom is -0.378 e. The largest absolute Gasteiger partial charge is 0.378 e. The smallest absolute Gasteiger partial charge is 0.224 e. The molecule has 0 bridgehead atoms. The molecule has 1 amide bonds. The molecule has 0 atom stereocenters. The van der Waals surface area contributed by atoms with Gasteiger partial charge in [-0.3, -0.25) is 4.79 Å². The Morgan fingerprint density at radius 2 is 2.00 bits per heavy atom. The first-order valence-electron chi connectivity index (χ1n) is 7.88. The van der Waals surface area contributed by atoms with E-state index in [0.29, 0.717) is 19.1 Å². The minimum atomic E-state index is 0.0840. The third-order valence-electron chi connectivity index (χ3n) is 3.77. The number of hydrogen-bond acceptors (Lipinski definition) is 3. The highest BCUT2D eigenvalue weighted by molar-refractivity contribution is 5.78. The van der Waals surface area contributed by atoms with Crippen LogP contribution in [0.3, 0.4) is 0 Å². The van der Waals surface area contributed by atoms with E-state index in [4.69, 9.17) is 4.74 Å². The fourth-order valence-electron chi connectivity index (χ4n) is 2.47. The van der Waals surface area contributed by atoms with Gasteiger partial charge in [0.1, 0.15) is 0 Å². The van der Waals surface area contributed by atoms with Crippen LogP contribution in [0.2, 0.25) is 0 Å². The minimum absolute atomic E-state index is 0.0840. The van der Waals surface area contributed by atoms with Gasteiger partial charge in [0.05, 0.1) is 12.5 Å². The Balaban J connectivity index is 1.53. The third-order valence-corrected chi connectivity index (χ3v) is 3.77. The van der Waals surface area contributed by atoms with Crippen LogP contribution in [0.25, 0.3) is 0 Å². The molecule has 2 rings (SSSR count). The predicted molar refractivity (Wildman–Crippen MR) is 84.4 cm³/mol. The second-order valence-corrected chi connectivity index (χ2v) is 5.69. The number of ether oxygens (including phenoxy) is 1. The van der Waals surface area contributed by atoms with Gasteiger partial charge in [-0.1, -0.05) is 29.8 Å². The number of carbonyl (C=O) groups excluding carboxylic acids is 1. The Kier molecular flexibility index (Phi) is 6.70. The molecule has 0 aromatic heterocycles. The van der Waals surface area contributed by atoms with Gasteiger partial charge in [0.15, 0.2) is 0 Å². The summed E-state index contributed by atoms with van der Waals surface area (Å²) in [5, 5.41) is 6.27. The van der Waals surface area contributed by atoms with E-state index in [1.165, 1.54) is 5.56 Å². The van der Waals surface area contributed by atoms with E-state index in [9.17, 15) is 4.79 Å². The van der Waals surface area contributed by atoms with Gasteiger partial charge < -0.3 is 15.4 Å². The molecule has 0 radical (unpaired) electrons. The molecular formula is C17H26N2O2. The van der Waals surface area contributed by atoms with Crippen molar-refractivity contribution in [3.05, 3.63) is 35.4 Å². The summed E-state index contributed by atoms with van der Waals surface area (Å²) in [4.78, 5) is 11.8. The fraction of sp³-hybridized carbons (Fsp3) is 0.588. The zero-order valence-electron chi connectivity index (χ0n) is 12.9. The maximum atomic E-state index is 11.8. The van der Waals surface area contributed by atoms with Crippen LogP contribution in [0.5, 0.6) is 0 Å². The van der Waals surface area contributed by atoms with E-state index < -0.39 is 0 Å². The number of aryl methyl sites for hydroxylation is 1. The van der Waals surface area contributed by atoms with Gasteiger partial charge in [-0.2, -0.15) is 0 Å². The molecule has 0 unspecified atom stereocenters. The lowest BCUT2D eigenvalue weighted by Gasteiger charge is -2.22. The molecular weight excluding hydrogens is 264 g/mol. The van der Waals surface area contributed by atoms with Gasteiger partial charge in [-0.15, -0.1) is 0 Å². The van der Waals surface area contributed by atoms with Crippen molar-refractivity contribution in [3.63, 3.8) is 0 Å². The second-order valence-electron chi connectivity index (χ2n) is 5.69. The molecule has 4 heteroatoms. The third kappa shape index (κ3) is 6.27. The summed E-state index contributed by atoms with van der Waals surface area (Å²) in [5.74, 6) is 0.0840. The molecule has 4 nitrogen and oxygen atoms in total. The lowest BCUT2D eigenvalue weighted by Crippen LogP contribution is -2.33. The predicted octanol–water partition coefficient (Wildman–Crippen LogP) is 1.81. The van der Waals surface area contributed by atoms with Crippen LogP contribution in [0.4, 0.5) is 0 Å². The molecule has 1 aromatic carbocycles. The van der Waals surface area contributed by atoms with Gasteiger partial charge in [0.25, 0.3) is 0 Å². The molecule has 2 N–H and O–H groups in total. The molecule has 1 aliphatic rings. The fourth-order valence-corrected chi connectivity index (χ4v) is 2.47. The van der Waals surface area contributed by atoms with E-state index in [0.717, 1.165) is 44.5 Å². The van der Waals surface area contributed by atoms with Crippen LogP contribution < -0.4 is 10.6 Å². The maximum Gasteiger partial charge on any atom is 0.224 e. The Labute approximate surface area is 127 Å². The van der Waals surface area contributed by atoms with E-state index in [-0.39, 0.29) is 5.91 Å².